The first-order chi connectivity index (χ1) is 15.5. The van der Waals surface area contributed by atoms with Gasteiger partial charge in [-0.3, -0.25) is 19.7 Å². The van der Waals surface area contributed by atoms with Gasteiger partial charge in [0.2, 0.25) is 0 Å². The molecule has 0 saturated carbocycles. The third kappa shape index (κ3) is 3.91. The third-order valence-corrected chi connectivity index (χ3v) is 6.65. The number of aryl methyl sites for hydroxylation is 1. The van der Waals surface area contributed by atoms with Gasteiger partial charge in [0.05, 0.1) is 16.1 Å². The van der Waals surface area contributed by atoms with Crippen LogP contribution in [0.25, 0.3) is 33.4 Å². The minimum atomic E-state index is 0.0176. The van der Waals surface area contributed by atoms with Gasteiger partial charge in [0, 0.05) is 61.5 Å². The smallest absolute Gasteiger partial charge is 0.170 e. The normalized spacial score (nSPS) is 16.1. The predicted molar refractivity (Wildman–Crippen MR) is 130 cm³/mol. The maximum atomic E-state index is 4.83. The standard InChI is InChI=1S/C23H24N8S/c1-14(2)22-29-31(4)23(32-22)27-20-8-7-18-19(26-20)10-16(12-25-18)17-13-30(3)28-21(17)15-6-5-9-24-11-15/h5-14,23H,1-4H3,(H,26,27). The molecule has 1 unspecified atom stereocenters. The number of pyridine rings is 3. The molecule has 0 radical (unpaired) electrons. The average Bonchev–Trinajstić information content (AvgIpc) is 3.37. The van der Waals surface area contributed by atoms with E-state index in [9.17, 15) is 0 Å². The van der Waals surface area contributed by atoms with Gasteiger partial charge in [-0.05, 0) is 30.3 Å². The minimum absolute atomic E-state index is 0.0176. The Labute approximate surface area is 190 Å². The van der Waals surface area contributed by atoms with Gasteiger partial charge < -0.3 is 5.32 Å². The van der Waals surface area contributed by atoms with Crippen molar-refractivity contribution in [1.82, 2.24) is 29.7 Å². The Morgan fingerprint density at radius 1 is 1.06 bits per heavy atom. The molecular formula is C23H24N8S. The van der Waals surface area contributed by atoms with Crippen molar-refractivity contribution in [2.75, 3.05) is 12.4 Å². The van der Waals surface area contributed by atoms with Crippen molar-refractivity contribution in [1.29, 1.82) is 0 Å². The molecule has 0 amide bonds. The molecule has 0 bridgehead atoms. The fourth-order valence-electron chi connectivity index (χ4n) is 3.57. The van der Waals surface area contributed by atoms with Gasteiger partial charge in [-0.1, -0.05) is 25.6 Å². The van der Waals surface area contributed by atoms with Gasteiger partial charge in [0.25, 0.3) is 0 Å². The Morgan fingerprint density at radius 2 is 1.94 bits per heavy atom. The second-order valence-corrected chi connectivity index (χ2v) is 9.15. The molecule has 1 aliphatic heterocycles. The van der Waals surface area contributed by atoms with Crippen LogP contribution in [0.2, 0.25) is 0 Å². The molecule has 162 valence electrons. The van der Waals surface area contributed by atoms with Crippen LogP contribution in [0, 0.1) is 5.92 Å². The van der Waals surface area contributed by atoms with Gasteiger partial charge in [-0.2, -0.15) is 10.2 Å². The van der Waals surface area contributed by atoms with Crippen LogP contribution in [0.1, 0.15) is 13.8 Å². The average molecular weight is 445 g/mol. The number of hydrazone groups is 1. The first-order valence-electron chi connectivity index (χ1n) is 10.4. The topological polar surface area (TPSA) is 84.1 Å². The van der Waals surface area contributed by atoms with Crippen LogP contribution in [0.15, 0.2) is 60.2 Å². The molecule has 4 aromatic rings. The third-order valence-electron chi connectivity index (χ3n) is 5.21. The summed E-state index contributed by atoms with van der Waals surface area (Å²) in [5, 5.41) is 15.8. The SMILES string of the molecule is CC(C)C1=NN(C)C(Nc2ccc3ncc(-c4cn(C)nc4-c4cccnc4)cc3n2)S1. The summed E-state index contributed by atoms with van der Waals surface area (Å²) in [6, 6.07) is 9.94. The van der Waals surface area contributed by atoms with Gasteiger partial charge in [-0.15, -0.1) is 0 Å². The summed E-state index contributed by atoms with van der Waals surface area (Å²) >= 11 is 1.72. The van der Waals surface area contributed by atoms with Gasteiger partial charge in [0.15, 0.2) is 5.50 Å². The first-order valence-corrected chi connectivity index (χ1v) is 11.3. The fraction of sp³-hybridized carbons (Fsp3) is 0.261. The highest BCUT2D eigenvalue weighted by Crippen LogP contribution is 2.32. The van der Waals surface area contributed by atoms with E-state index in [1.165, 1.54) is 0 Å². The second kappa shape index (κ2) is 8.23. The molecule has 0 aromatic carbocycles. The maximum Gasteiger partial charge on any atom is 0.170 e. The lowest BCUT2D eigenvalue weighted by molar-refractivity contribution is 0.362. The zero-order chi connectivity index (χ0) is 22.2. The van der Waals surface area contributed by atoms with E-state index in [2.05, 4.69) is 45.4 Å². The summed E-state index contributed by atoms with van der Waals surface area (Å²) in [6.45, 7) is 4.31. The van der Waals surface area contributed by atoms with Crippen molar-refractivity contribution in [3.63, 3.8) is 0 Å². The molecular weight excluding hydrogens is 420 g/mol. The minimum Gasteiger partial charge on any atom is -0.340 e. The second-order valence-electron chi connectivity index (χ2n) is 8.05. The number of hydrogen-bond donors (Lipinski definition) is 1. The van der Waals surface area contributed by atoms with E-state index < -0.39 is 0 Å². The number of aromatic nitrogens is 5. The molecule has 1 aliphatic rings. The molecule has 5 rings (SSSR count). The van der Waals surface area contributed by atoms with Crippen LogP contribution in [-0.2, 0) is 7.05 Å². The van der Waals surface area contributed by atoms with E-state index in [0.29, 0.717) is 5.92 Å². The lowest BCUT2D eigenvalue weighted by atomic mass is 10.0. The lowest BCUT2D eigenvalue weighted by Crippen LogP contribution is -2.28. The molecule has 1 N–H and O–H groups in total. The first kappa shape index (κ1) is 20.4. The quantitative estimate of drug-likeness (QED) is 0.487. The number of nitrogens with zero attached hydrogens (tertiary/aromatic N) is 7. The molecule has 0 saturated heterocycles. The molecule has 0 spiro atoms. The van der Waals surface area contributed by atoms with E-state index in [0.717, 1.165) is 44.3 Å². The van der Waals surface area contributed by atoms with Crippen LogP contribution < -0.4 is 5.32 Å². The van der Waals surface area contributed by atoms with E-state index in [1.54, 1.807) is 18.0 Å². The predicted octanol–water partition coefficient (Wildman–Crippen LogP) is 4.44. The van der Waals surface area contributed by atoms with Crippen LogP contribution in [0.5, 0.6) is 0 Å². The summed E-state index contributed by atoms with van der Waals surface area (Å²) in [6.07, 6.45) is 7.46. The number of hydrogen-bond acceptors (Lipinski definition) is 8. The largest absolute Gasteiger partial charge is 0.340 e. The molecule has 9 heteroatoms. The van der Waals surface area contributed by atoms with Crippen LogP contribution >= 0.6 is 11.8 Å². The van der Waals surface area contributed by atoms with Crippen molar-refractivity contribution in [3.8, 4) is 22.4 Å². The van der Waals surface area contributed by atoms with Crippen LogP contribution in [0.4, 0.5) is 5.82 Å². The Bertz CT molecular complexity index is 1300. The van der Waals surface area contributed by atoms with Crippen molar-refractivity contribution < 1.29 is 0 Å². The maximum absolute atomic E-state index is 4.83. The number of fused-ring (bicyclic) bond motifs is 1. The molecule has 1 atom stereocenters. The zero-order valence-corrected chi connectivity index (χ0v) is 19.2. The number of nitrogens with one attached hydrogen (secondary N) is 1. The number of thioether (sulfide) groups is 1. The van der Waals surface area contributed by atoms with Crippen LogP contribution in [0.3, 0.4) is 0 Å². The van der Waals surface area contributed by atoms with E-state index >= 15 is 0 Å². The van der Waals surface area contributed by atoms with Crippen molar-refractivity contribution in [2.24, 2.45) is 18.1 Å². The highest BCUT2D eigenvalue weighted by atomic mass is 32.2. The summed E-state index contributed by atoms with van der Waals surface area (Å²) in [7, 11) is 3.89. The Kier molecular flexibility index (Phi) is 5.26. The molecule has 4 aromatic heterocycles. The number of rotatable bonds is 5. The highest BCUT2D eigenvalue weighted by molar-refractivity contribution is 8.14. The van der Waals surface area contributed by atoms with E-state index in [4.69, 9.17) is 4.98 Å². The highest BCUT2D eigenvalue weighted by Gasteiger charge is 2.26. The van der Waals surface area contributed by atoms with Crippen molar-refractivity contribution >= 4 is 33.7 Å². The molecule has 8 nitrogen and oxygen atoms in total. The lowest BCUT2D eigenvalue weighted by Gasteiger charge is -2.19. The van der Waals surface area contributed by atoms with Crippen molar-refractivity contribution in [3.05, 3.63) is 55.1 Å². The van der Waals surface area contributed by atoms with Crippen LogP contribution in [-0.4, -0.2) is 47.3 Å². The van der Waals surface area contributed by atoms with E-state index in [-0.39, 0.29) is 5.50 Å². The number of anilines is 1. The Balaban J connectivity index is 1.47. The van der Waals surface area contributed by atoms with E-state index in [1.807, 2.05) is 66.6 Å². The summed E-state index contributed by atoms with van der Waals surface area (Å²) in [5.74, 6) is 1.19. The zero-order valence-electron chi connectivity index (χ0n) is 18.4. The molecule has 0 fully saturated rings. The Hall–Kier alpha value is -3.46. The molecule has 0 aliphatic carbocycles. The summed E-state index contributed by atoms with van der Waals surface area (Å²) in [5.41, 5.74) is 5.49. The summed E-state index contributed by atoms with van der Waals surface area (Å²) in [4.78, 5) is 13.7. The molecule has 32 heavy (non-hydrogen) atoms. The fourth-order valence-corrected chi connectivity index (χ4v) is 4.63. The Morgan fingerprint density at radius 3 is 2.69 bits per heavy atom. The summed E-state index contributed by atoms with van der Waals surface area (Å²) < 4.78 is 1.81. The molecule has 5 heterocycles. The van der Waals surface area contributed by atoms with Gasteiger partial charge >= 0.3 is 0 Å². The van der Waals surface area contributed by atoms with Crippen molar-refractivity contribution in [2.45, 2.75) is 19.3 Å². The van der Waals surface area contributed by atoms with Gasteiger partial charge in [-0.25, -0.2) is 4.98 Å². The monoisotopic (exact) mass is 444 g/mol. The van der Waals surface area contributed by atoms with Gasteiger partial charge in [0.1, 0.15) is 11.5 Å².